The van der Waals surface area contributed by atoms with Gasteiger partial charge in [-0.25, -0.2) is 0 Å². The molecule has 3 unspecified atom stereocenters. The van der Waals surface area contributed by atoms with Crippen molar-refractivity contribution in [2.75, 3.05) is 28.0 Å². The maximum absolute atomic E-state index is 11.7. The van der Waals surface area contributed by atoms with E-state index in [1.165, 1.54) is 11.6 Å². The molecule has 1 aromatic carbocycles. The van der Waals surface area contributed by atoms with E-state index in [9.17, 15) is 4.79 Å². The van der Waals surface area contributed by atoms with Crippen LogP contribution in [0.3, 0.4) is 0 Å². The van der Waals surface area contributed by atoms with Gasteiger partial charge in [-0.3, -0.25) is 0 Å². The molecule has 172 valence electrons. The van der Waals surface area contributed by atoms with E-state index in [0.717, 1.165) is 17.6 Å². The van der Waals surface area contributed by atoms with Crippen LogP contribution in [0.4, 0.5) is 28.3 Å². The fourth-order valence-corrected chi connectivity index (χ4v) is 4.04. The van der Waals surface area contributed by atoms with Crippen molar-refractivity contribution in [3.63, 3.8) is 0 Å². The third-order valence-corrected chi connectivity index (χ3v) is 5.82. The van der Waals surface area contributed by atoms with E-state index >= 15 is 0 Å². The molecule has 1 fully saturated rings. The second-order valence-corrected chi connectivity index (χ2v) is 8.61. The number of hydrogen-bond donors (Lipinski definition) is 3. The summed E-state index contributed by atoms with van der Waals surface area (Å²) in [6, 6.07) is 5.46. The minimum atomic E-state index is -0.321. The number of hydrogen-bond acceptors (Lipinski definition) is 6. The Morgan fingerprint density at radius 3 is 2.94 bits per heavy atom. The molecule has 1 amide bonds. The van der Waals surface area contributed by atoms with Crippen molar-refractivity contribution in [2.24, 2.45) is 11.8 Å². The summed E-state index contributed by atoms with van der Waals surface area (Å²) in [6.45, 7) is 12.4. The molecule has 7 nitrogen and oxygen atoms in total. The summed E-state index contributed by atoms with van der Waals surface area (Å²) in [4.78, 5) is 22.2. The molecule has 1 aliphatic carbocycles. The van der Waals surface area contributed by atoms with Gasteiger partial charge >= 0.3 is 202 Å². The van der Waals surface area contributed by atoms with E-state index in [1.54, 1.807) is 18.2 Å². The van der Waals surface area contributed by atoms with Crippen LogP contribution in [0.2, 0.25) is 0 Å². The minimum absolute atomic E-state index is 0.130. The van der Waals surface area contributed by atoms with Crippen LogP contribution in [0, 0.1) is 11.8 Å². The van der Waals surface area contributed by atoms with Crippen LogP contribution >= 0.6 is 0 Å². The summed E-state index contributed by atoms with van der Waals surface area (Å²) in [5, 5.41) is 7.98. The predicted octanol–water partition coefficient (Wildman–Crippen LogP) is 4.04. The van der Waals surface area contributed by atoms with Crippen molar-refractivity contribution in [3.05, 3.63) is 72.9 Å². The van der Waals surface area contributed by atoms with Crippen molar-refractivity contribution in [1.29, 1.82) is 0 Å². The number of nitrogen functional groups attached to an aromatic ring is 1. The molecule has 1 aliphatic heterocycles. The quantitative estimate of drug-likeness (QED) is 0.348. The van der Waals surface area contributed by atoms with Crippen LogP contribution < -0.4 is 21.4 Å². The van der Waals surface area contributed by atoms with Gasteiger partial charge in [-0.15, -0.1) is 0 Å². The zero-order valence-corrected chi connectivity index (χ0v) is 19.6. The summed E-state index contributed by atoms with van der Waals surface area (Å²) in [6.07, 6.45) is 15.1. The Morgan fingerprint density at radius 1 is 1.29 bits per heavy atom. The Labute approximate surface area is 201 Å². The Hall–Kier alpha value is -3.45. The summed E-state index contributed by atoms with van der Waals surface area (Å²) in [7, 11) is 0. The van der Waals surface area contributed by atoms with Crippen LogP contribution in [0.15, 0.2) is 72.9 Å². The van der Waals surface area contributed by atoms with E-state index in [1.807, 2.05) is 25.0 Å². The molecule has 2 heterocycles. The number of carbonyl (C=O) groups excluding carboxylic acids is 1. The first-order valence-corrected chi connectivity index (χ1v) is 11.5. The van der Waals surface area contributed by atoms with Crippen molar-refractivity contribution >= 4 is 48.0 Å². The second-order valence-electron chi connectivity index (χ2n) is 8.61. The number of benzene rings is 1. The third-order valence-electron chi connectivity index (χ3n) is 5.82. The van der Waals surface area contributed by atoms with Crippen molar-refractivity contribution in [2.45, 2.75) is 26.3 Å². The summed E-state index contributed by atoms with van der Waals surface area (Å²) in [5.41, 5.74) is 10.5. The van der Waals surface area contributed by atoms with E-state index < -0.39 is 0 Å². The van der Waals surface area contributed by atoms with Gasteiger partial charge in [0.1, 0.15) is 0 Å². The van der Waals surface area contributed by atoms with Gasteiger partial charge in [0.15, 0.2) is 0 Å². The van der Waals surface area contributed by atoms with Crippen LogP contribution in [0.25, 0.3) is 0 Å². The Bertz CT molecular complexity index is 1160. The molecule has 3 atom stereocenters. The molecule has 0 bridgehead atoms. The number of rotatable bonds is 6. The van der Waals surface area contributed by atoms with Gasteiger partial charge in [-0.05, 0) is 0 Å². The first-order valence-electron chi connectivity index (χ1n) is 11.5. The number of amides is 1. The number of carbonyl (C=O) groups is 1. The first kappa shape index (κ1) is 23.7. The Balaban J connectivity index is 1.55. The Kier molecular flexibility index (Phi) is 7.43. The number of anilines is 5. The molecule has 9 heteroatoms. The molecule has 0 saturated carbocycles. The normalized spacial score (nSPS) is 25.2. The molecule has 1 saturated heterocycles. The van der Waals surface area contributed by atoms with Gasteiger partial charge in [0.05, 0.1) is 0 Å². The van der Waals surface area contributed by atoms with E-state index in [0.29, 0.717) is 35.5 Å². The van der Waals surface area contributed by atoms with Gasteiger partial charge in [-0.1, -0.05) is 0 Å². The molecule has 0 spiro atoms. The van der Waals surface area contributed by atoms with Gasteiger partial charge in [0, 0.05) is 0 Å². The molecule has 2 aromatic rings. The predicted molar refractivity (Wildman–Crippen MR) is 141 cm³/mol. The molecule has 4 N–H and O–H groups in total. The molecule has 2 aliphatic rings. The van der Waals surface area contributed by atoms with E-state index in [4.69, 9.17) is 10.6 Å². The van der Waals surface area contributed by atoms with Gasteiger partial charge in [0.25, 0.3) is 0 Å². The fraction of sp³-hybridized carbons (Fsp3) is 0.280. The van der Waals surface area contributed by atoms with Crippen LogP contribution in [-0.2, 0) is 9.63 Å². The number of nitrogens with one attached hydrogen (secondary N) is 2. The summed E-state index contributed by atoms with van der Waals surface area (Å²) >= 11 is 0. The molecule has 4 rings (SSSR count). The topological polar surface area (TPSA) is 92.5 Å². The SMILES string of the molecule is C=CC(=O)Nc1cc(Nc2bc(N3OCCC3C3=C/C(C)/C=C\C(C)/C=C\3)bcn2)ccc1N. The number of aromatic nitrogens is 1. The first-order chi connectivity index (χ1) is 16.4. The van der Waals surface area contributed by atoms with Crippen LogP contribution in [-0.4, -0.2) is 37.4 Å². The second kappa shape index (κ2) is 10.7. The van der Waals surface area contributed by atoms with Crippen LogP contribution in [0.5, 0.6) is 0 Å². The number of allylic oxidation sites excluding steroid dienone is 4. The number of nitrogens with zero attached hydrogens (tertiary/aromatic N) is 2. The molecule has 34 heavy (non-hydrogen) atoms. The van der Waals surface area contributed by atoms with Gasteiger partial charge < -0.3 is 0 Å². The molecule has 0 radical (unpaired) electrons. The standard InChI is InChI=1S/C25H29B2N5O2/c1-4-23(33)31-21-14-19(9-10-20(21)28)30-25-27-24(26-15-29-25)32-22(11-12-34-32)18-8-7-16(2)5-6-17(3)13-18/h4-10,13-17,22H,1,11-12,28H2,2-3H3,(H,29,30)(H,31,33)/b6-5-,8-7-,18-13+. The fourth-order valence-electron chi connectivity index (χ4n) is 4.04. The molecule has 1 aromatic heterocycles. The van der Waals surface area contributed by atoms with Gasteiger partial charge in [-0.2, -0.15) is 0 Å². The average Bonchev–Trinajstić information content (AvgIpc) is 3.31. The third kappa shape index (κ3) is 5.72. The molecular weight excluding hydrogens is 424 g/mol. The molecular formula is C25H29B2N5O2. The van der Waals surface area contributed by atoms with E-state index in [2.05, 4.69) is 66.4 Å². The zero-order valence-electron chi connectivity index (χ0n) is 19.6. The average molecular weight is 453 g/mol. The van der Waals surface area contributed by atoms with Gasteiger partial charge in [0.2, 0.25) is 0 Å². The summed E-state index contributed by atoms with van der Waals surface area (Å²) < 4.78 is 0. The summed E-state index contributed by atoms with van der Waals surface area (Å²) in [5.74, 6) is 0.443. The van der Waals surface area contributed by atoms with Crippen molar-refractivity contribution in [3.8, 4) is 0 Å². The van der Waals surface area contributed by atoms with Crippen molar-refractivity contribution in [1.82, 2.24) is 4.98 Å². The number of hydroxylamine groups is 1. The number of nitrogens with two attached hydrogens (primary N) is 1. The maximum atomic E-state index is 11.7. The Morgan fingerprint density at radius 2 is 2.12 bits per heavy atom. The van der Waals surface area contributed by atoms with E-state index in [-0.39, 0.29) is 11.9 Å². The van der Waals surface area contributed by atoms with Crippen LogP contribution in [0.1, 0.15) is 20.3 Å². The van der Waals surface area contributed by atoms with Crippen molar-refractivity contribution < 1.29 is 9.63 Å². The zero-order chi connectivity index (χ0) is 24.1. The monoisotopic (exact) mass is 453 g/mol.